The number of rotatable bonds is 5. The van der Waals surface area contributed by atoms with Crippen molar-refractivity contribution >= 4 is 24.0 Å². The molecular weight excluding hydrogens is 276 g/mol. The van der Waals surface area contributed by atoms with Gasteiger partial charge in [0.2, 0.25) is 0 Å². The summed E-state index contributed by atoms with van der Waals surface area (Å²) in [5, 5.41) is 0. The zero-order valence-electron chi connectivity index (χ0n) is 10.5. The molecule has 0 bridgehead atoms. The summed E-state index contributed by atoms with van der Waals surface area (Å²) in [6.45, 7) is 7.21. The van der Waals surface area contributed by atoms with Crippen LogP contribution in [0.4, 0.5) is 0 Å². The lowest BCUT2D eigenvalue weighted by atomic mass is 10.1. The summed E-state index contributed by atoms with van der Waals surface area (Å²) in [5.74, 6) is 0. The van der Waals surface area contributed by atoms with Gasteiger partial charge in [-0.05, 0) is 28.9 Å². The highest BCUT2D eigenvalue weighted by Gasteiger charge is 2.13. The summed E-state index contributed by atoms with van der Waals surface area (Å²) < 4.78 is 1.39. The summed E-state index contributed by atoms with van der Waals surface area (Å²) >= 11 is 3.68. The van der Waals surface area contributed by atoms with Crippen LogP contribution < -0.4 is 0 Å². The maximum absolute atomic E-state index is 3.68. The van der Waals surface area contributed by atoms with Crippen molar-refractivity contribution in [3.63, 3.8) is 0 Å². The van der Waals surface area contributed by atoms with E-state index in [9.17, 15) is 0 Å². The molecule has 0 radical (unpaired) electrons. The smallest absolute Gasteiger partial charge is 0.0493 e. The third-order valence-electron chi connectivity index (χ3n) is 2.34. The van der Waals surface area contributed by atoms with Crippen LogP contribution in [0.3, 0.4) is 0 Å². The Morgan fingerprint density at radius 2 is 1.81 bits per heavy atom. The molecule has 16 heavy (non-hydrogen) atoms. The third-order valence-corrected chi connectivity index (χ3v) is 4.90. The molecule has 0 spiro atoms. The van der Waals surface area contributed by atoms with Gasteiger partial charge in [0.15, 0.2) is 0 Å². The lowest BCUT2D eigenvalue weighted by Crippen LogP contribution is -2.18. The highest BCUT2D eigenvalue weighted by molar-refractivity contribution is 9.11. The molecule has 2 heteroatoms. The quantitative estimate of drug-likeness (QED) is 0.652. The van der Waals surface area contributed by atoms with Crippen LogP contribution in [0.2, 0.25) is 25.7 Å². The molecule has 1 rings (SSSR count). The molecule has 0 aliphatic rings. The van der Waals surface area contributed by atoms with Gasteiger partial charge in [-0.2, -0.15) is 0 Å². The third kappa shape index (κ3) is 6.29. The summed E-state index contributed by atoms with van der Waals surface area (Å²) in [6, 6.07) is 11.9. The molecule has 0 heterocycles. The first-order chi connectivity index (χ1) is 7.47. The minimum atomic E-state index is -0.965. The Bertz CT molecular complexity index is 336. The van der Waals surface area contributed by atoms with E-state index in [1.54, 1.807) is 0 Å². The fourth-order valence-electron chi connectivity index (χ4n) is 1.62. The molecule has 0 amide bonds. The lowest BCUT2D eigenvalue weighted by molar-refractivity contribution is 0.997. The number of benzene rings is 1. The average molecular weight is 297 g/mol. The zero-order valence-corrected chi connectivity index (χ0v) is 13.0. The molecule has 0 fully saturated rings. The van der Waals surface area contributed by atoms with Crippen LogP contribution in [0.15, 0.2) is 40.9 Å². The van der Waals surface area contributed by atoms with Crippen molar-refractivity contribution in [1.29, 1.82) is 0 Å². The van der Waals surface area contributed by atoms with Crippen LogP contribution in [0.1, 0.15) is 12.0 Å². The van der Waals surface area contributed by atoms with E-state index in [1.807, 2.05) is 0 Å². The maximum Gasteiger partial charge on any atom is 0.0493 e. The monoisotopic (exact) mass is 296 g/mol. The van der Waals surface area contributed by atoms with Gasteiger partial charge in [0, 0.05) is 8.07 Å². The van der Waals surface area contributed by atoms with Gasteiger partial charge < -0.3 is 0 Å². The van der Waals surface area contributed by atoms with Gasteiger partial charge in [-0.1, -0.05) is 72.0 Å². The molecule has 0 aromatic heterocycles. The summed E-state index contributed by atoms with van der Waals surface area (Å²) in [4.78, 5) is 0. The van der Waals surface area contributed by atoms with Crippen LogP contribution in [-0.4, -0.2) is 8.07 Å². The van der Waals surface area contributed by atoms with Crippen molar-refractivity contribution in [2.75, 3.05) is 0 Å². The Hall–Kier alpha value is -0.343. The average Bonchev–Trinajstić information content (AvgIpc) is 2.16. The predicted molar refractivity (Wildman–Crippen MR) is 79.9 cm³/mol. The fraction of sp³-hybridized carbons (Fsp3) is 0.429. The first-order valence-electron chi connectivity index (χ1n) is 5.86. The van der Waals surface area contributed by atoms with Crippen molar-refractivity contribution in [3.05, 3.63) is 46.5 Å². The second-order valence-electron chi connectivity index (χ2n) is 5.41. The van der Waals surface area contributed by atoms with Gasteiger partial charge in [0.1, 0.15) is 0 Å². The van der Waals surface area contributed by atoms with Gasteiger partial charge in [-0.25, -0.2) is 0 Å². The number of hydrogen-bond acceptors (Lipinski definition) is 0. The van der Waals surface area contributed by atoms with Crippen LogP contribution in [-0.2, 0) is 6.42 Å². The van der Waals surface area contributed by atoms with E-state index in [0.717, 1.165) is 12.8 Å². The highest BCUT2D eigenvalue weighted by atomic mass is 79.9. The summed E-state index contributed by atoms with van der Waals surface area (Å²) in [7, 11) is -0.965. The standard InChI is InChI=1S/C14H21BrSi/c1-16(2,3)12-14(15)11-7-10-13-8-5-4-6-9-13/h4-6,8-9,11H,7,10,12H2,1-3H3. The molecule has 0 N–H and O–H groups in total. The molecule has 0 atom stereocenters. The SMILES string of the molecule is C[Si](C)(C)CC(Br)=CCCc1ccccc1. The van der Waals surface area contributed by atoms with Crippen LogP contribution >= 0.6 is 15.9 Å². The van der Waals surface area contributed by atoms with Crippen molar-refractivity contribution in [3.8, 4) is 0 Å². The van der Waals surface area contributed by atoms with E-state index in [4.69, 9.17) is 0 Å². The first kappa shape index (κ1) is 13.7. The Morgan fingerprint density at radius 3 is 2.38 bits per heavy atom. The Morgan fingerprint density at radius 1 is 1.19 bits per heavy atom. The summed E-state index contributed by atoms with van der Waals surface area (Å²) in [5.41, 5.74) is 1.42. The molecule has 0 unspecified atom stereocenters. The van der Waals surface area contributed by atoms with Crippen LogP contribution in [0, 0.1) is 0 Å². The molecule has 0 saturated heterocycles. The molecule has 0 nitrogen and oxygen atoms in total. The molecule has 1 aromatic rings. The number of hydrogen-bond donors (Lipinski definition) is 0. The minimum Gasteiger partial charge on any atom is -0.0743 e. The predicted octanol–water partition coefficient (Wildman–Crippen LogP) is 5.24. The second-order valence-corrected chi connectivity index (χ2v) is 11.9. The number of allylic oxidation sites excluding steroid dienone is 2. The second kappa shape index (κ2) is 6.41. The maximum atomic E-state index is 3.68. The Kier molecular flexibility index (Phi) is 5.49. The van der Waals surface area contributed by atoms with Crippen molar-refractivity contribution < 1.29 is 0 Å². The largest absolute Gasteiger partial charge is 0.0743 e. The van der Waals surface area contributed by atoms with E-state index in [1.165, 1.54) is 16.1 Å². The van der Waals surface area contributed by atoms with Crippen molar-refractivity contribution in [1.82, 2.24) is 0 Å². The summed E-state index contributed by atoms with van der Waals surface area (Å²) in [6.07, 6.45) is 4.61. The van der Waals surface area contributed by atoms with Crippen molar-refractivity contribution in [2.45, 2.75) is 38.5 Å². The Balaban J connectivity index is 2.37. The molecule has 1 aromatic carbocycles. The number of halogens is 1. The minimum absolute atomic E-state index is 0.965. The van der Waals surface area contributed by atoms with Gasteiger partial charge in [0.05, 0.1) is 0 Å². The molecule has 0 aliphatic heterocycles. The number of aryl methyl sites for hydroxylation is 1. The van der Waals surface area contributed by atoms with Gasteiger partial charge in [-0.3, -0.25) is 0 Å². The highest BCUT2D eigenvalue weighted by Crippen LogP contribution is 2.21. The molecule has 0 saturated carbocycles. The molecule has 0 aliphatic carbocycles. The van der Waals surface area contributed by atoms with Crippen molar-refractivity contribution in [2.24, 2.45) is 0 Å². The van der Waals surface area contributed by atoms with Gasteiger partial charge in [0.25, 0.3) is 0 Å². The topological polar surface area (TPSA) is 0 Å². The van der Waals surface area contributed by atoms with E-state index in [-0.39, 0.29) is 0 Å². The molecular formula is C14H21BrSi. The van der Waals surface area contributed by atoms with Gasteiger partial charge >= 0.3 is 0 Å². The van der Waals surface area contributed by atoms with E-state index in [2.05, 4.69) is 72.0 Å². The fourth-order valence-corrected chi connectivity index (χ4v) is 5.53. The molecule has 88 valence electrons. The van der Waals surface area contributed by atoms with Gasteiger partial charge in [-0.15, -0.1) is 0 Å². The first-order valence-corrected chi connectivity index (χ1v) is 10.4. The Labute approximate surface area is 109 Å². The zero-order chi connectivity index (χ0) is 12.0. The van der Waals surface area contributed by atoms with Crippen LogP contribution in [0.25, 0.3) is 0 Å². The lowest BCUT2D eigenvalue weighted by Gasteiger charge is -2.14. The van der Waals surface area contributed by atoms with E-state index in [0.29, 0.717) is 0 Å². The van der Waals surface area contributed by atoms with Crippen LogP contribution in [0.5, 0.6) is 0 Å². The van der Waals surface area contributed by atoms with E-state index >= 15 is 0 Å². The normalized spacial score (nSPS) is 12.9. The van der Waals surface area contributed by atoms with E-state index < -0.39 is 8.07 Å².